The Kier molecular flexibility index (Phi) is 6.62. The van der Waals surface area contributed by atoms with E-state index in [1.165, 1.54) is 30.2 Å². The number of hydrogen-bond donors (Lipinski definition) is 2. The zero-order valence-corrected chi connectivity index (χ0v) is 16.3. The predicted molar refractivity (Wildman–Crippen MR) is 99.9 cm³/mol. The molecule has 13 heteroatoms. The lowest BCUT2D eigenvalue weighted by atomic mass is 10.2. The number of imidazole rings is 1. The van der Waals surface area contributed by atoms with Crippen LogP contribution in [0.5, 0.6) is 5.88 Å². The minimum Gasteiger partial charge on any atom is -0.481 e. The van der Waals surface area contributed by atoms with Crippen LogP contribution in [0.2, 0.25) is 0 Å². The summed E-state index contributed by atoms with van der Waals surface area (Å²) in [6.45, 7) is 0.132. The third-order valence-corrected chi connectivity index (χ3v) is 4.07. The van der Waals surface area contributed by atoms with Gasteiger partial charge in [-0.3, -0.25) is 9.59 Å². The van der Waals surface area contributed by atoms with Gasteiger partial charge in [0.05, 0.1) is 38.2 Å². The second kappa shape index (κ2) is 9.36. The number of rotatable bonds is 8. The standard InChI is InChI=1S/C18H18F3N7O3/c1-31-16-5-13(24-10-25-16)17(30)23-8-12-9-28-14(27-12)4-11(7-26-28)6-22-15(29)2-3-18(19,20)21/h4-5,7,9-10H,2-3,6,8H2,1H3,(H,22,29)(H,23,30). The molecule has 0 aromatic carbocycles. The molecule has 3 heterocycles. The largest absolute Gasteiger partial charge is 0.481 e. The van der Waals surface area contributed by atoms with Crippen LogP contribution in [0.3, 0.4) is 0 Å². The van der Waals surface area contributed by atoms with Crippen molar-refractivity contribution in [2.45, 2.75) is 32.1 Å². The molecular weight excluding hydrogens is 419 g/mol. The maximum Gasteiger partial charge on any atom is 0.389 e. The topological polar surface area (TPSA) is 123 Å². The monoisotopic (exact) mass is 437 g/mol. The molecule has 0 aliphatic heterocycles. The van der Waals surface area contributed by atoms with E-state index in [1.54, 1.807) is 12.3 Å². The number of ether oxygens (including phenoxy) is 1. The first kappa shape index (κ1) is 21.9. The van der Waals surface area contributed by atoms with Crippen LogP contribution in [0.25, 0.3) is 5.65 Å². The predicted octanol–water partition coefficient (Wildman–Crippen LogP) is 1.42. The molecule has 0 saturated carbocycles. The van der Waals surface area contributed by atoms with E-state index in [1.807, 2.05) is 0 Å². The average Bonchev–Trinajstić information content (AvgIpc) is 3.16. The first-order chi connectivity index (χ1) is 14.7. The van der Waals surface area contributed by atoms with Crippen molar-refractivity contribution in [2.75, 3.05) is 7.11 Å². The molecule has 3 aromatic heterocycles. The molecule has 0 saturated heterocycles. The van der Waals surface area contributed by atoms with Gasteiger partial charge in [-0.05, 0) is 11.6 Å². The average molecular weight is 437 g/mol. The van der Waals surface area contributed by atoms with Gasteiger partial charge >= 0.3 is 6.18 Å². The summed E-state index contributed by atoms with van der Waals surface area (Å²) in [5.74, 6) is -0.881. The van der Waals surface area contributed by atoms with Gasteiger partial charge in [0, 0.05) is 19.0 Å². The van der Waals surface area contributed by atoms with Crippen molar-refractivity contribution in [1.82, 2.24) is 35.2 Å². The molecular formula is C18H18F3N7O3. The molecule has 0 bridgehead atoms. The molecule has 2 N–H and O–H groups in total. The zero-order chi connectivity index (χ0) is 22.4. The molecule has 31 heavy (non-hydrogen) atoms. The fourth-order valence-electron chi connectivity index (χ4n) is 2.53. The van der Waals surface area contributed by atoms with Crippen molar-refractivity contribution in [3.63, 3.8) is 0 Å². The van der Waals surface area contributed by atoms with E-state index in [9.17, 15) is 22.8 Å². The number of carbonyl (C=O) groups is 2. The normalized spacial score (nSPS) is 11.4. The Morgan fingerprint density at radius 3 is 2.71 bits per heavy atom. The summed E-state index contributed by atoms with van der Waals surface area (Å²) in [6.07, 6.45) is -1.89. The number of nitrogens with zero attached hydrogens (tertiary/aromatic N) is 5. The lowest BCUT2D eigenvalue weighted by Gasteiger charge is -2.07. The Hall–Kier alpha value is -3.77. The Morgan fingerprint density at radius 2 is 1.97 bits per heavy atom. The van der Waals surface area contributed by atoms with E-state index in [-0.39, 0.29) is 24.7 Å². The molecule has 0 fully saturated rings. The van der Waals surface area contributed by atoms with Crippen LogP contribution < -0.4 is 15.4 Å². The number of alkyl halides is 3. The van der Waals surface area contributed by atoms with E-state index >= 15 is 0 Å². The molecule has 164 valence electrons. The van der Waals surface area contributed by atoms with Crippen molar-refractivity contribution in [3.05, 3.63) is 47.8 Å². The van der Waals surface area contributed by atoms with Crippen molar-refractivity contribution in [1.29, 1.82) is 0 Å². The Bertz CT molecular complexity index is 1080. The highest BCUT2D eigenvalue weighted by atomic mass is 19.4. The molecule has 0 radical (unpaired) electrons. The van der Waals surface area contributed by atoms with Gasteiger partial charge in [0.25, 0.3) is 5.91 Å². The van der Waals surface area contributed by atoms with E-state index < -0.39 is 30.8 Å². The van der Waals surface area contributed by atoms with Crippen LogP contribution >= 0.6 is 0 Å². The van der Waals surface area contributed by atoms with Gasteiger partial charge in [-0.2, -0.15) is 18.3 Å². The summed E-state index contributed by atoms with van der Waals surface area (Å²) in [5.41, 5.74) is 1.68. The van der Waals surface area contributed by atoms with Gasteiger partial charge in [-0.15, -0.1) is 0 Å². The third-order valence-electron chi connectivity index (χ3n) is 4.07. The number of methoxy groups -OCH3 is 1. The summed E-state index contributed by atoms with van der Waals surface area (Å²) < 4.78 is 42.9. The molecule has 0 aliphatic rings. The van der Waals surface area contributed by atoms with E-state index in [0.717, 1.165) is 0 Å². The van der Waals surface area contributed by atoms with Crippen molar-refractivity contribution < 1.29 is 27.5 Å². The van der Waals surface area contributed by atoms with Crippen molar-refractivity contribution in [2.24, 2.45) is 0 Å². The maximum atomic E-state index is 12.2. The summed E-state index contributed by atoms with van der Waals surface area (Å²) >= 11 is 0. The second-order valence-corrected chi connectivity index (χ2v) is 6.42. The van der Waals surface area contributed by atoms with E-state index in [0.29, 0.717) is 16.9 Å². The number of fused-ring (bicyclic) bond motifs is 1. The molecule has 0 spiro atoms. The Labute approximate surface area is 173 Å². The van der Waals surface area contributed by atoms with Crippen LogP contribution in [-0.4, -0.2) is 49.7 Å². The van der Waals surface area contributed by atoms with Crippen LogP contribution in [0, 0.1) is 0 Å². The molecule has 10 nitrogen and oxygen atoms in total. The highest BCUT2D eigenvalue weighted by Crippen LogP contribution is 2.21. The highest BCUT2D eigenvalue weighted by Gasteiger charge is 2.27. The quantitative estimate of drug-likeness (QED) is 0.546. The summed E-state index contributed by atoms with van der Waals surface area (Å²) in [7, 11) is 1.43. The van der Waals surface area contributed by atoms with Crippen LogP contribution in [0.4, 0.5) is 13.2 Å². The number of aromatic nitrogens is 5. The summed E-state index contributed by atoms with van der Waals surface area (Å²) in [6, 6.07) is 3.04. The SMILES string of the molecule is COc1cc(C(=O)NCc2cn3ncc(CNC(=O)CCC(F)(F)F)cc3n2)ncn1. The lowest BCUT2D eigenvalue weighted by molar-refractivity contribution is -0.144. The van der Waals surface area contributed by atoms with Gasteiger partial charge in [-0.1, -0.05) is 0 Å². The molecule has 2 amide bonds. The smallest absolute Gasteiger partial charge is 0.389 e. The first-order valence-corrected chi connectivity index (χ1v) is 9.04. The van der Waals surface area contributed by atoms with Gasteiger partial charge in [0.2, 0.25) is 11.8 Å². The molecule has 0 unspecified atom stereocenters. The second-order valence-electron chi connectivity index (χ2n) is 6.42. The van der Waals surface area contributed by atoms with Gasteiger partial charge in [0.15, 0.2) is 5.65 Å². The van der Waals surface area contributed by atoms with Crippen molar-refractivity contribution >= 4 is 17.5 Å². The molecule has 3 aromatic rings. The lowest BCUT2D eigenvalue weighted by Crippen LogP contribution is -2.24. The van der Waals surface area contributed by atoms with Gasteiger partial charge in [0.1, 0.15) is 12.0 Å². The Morgan fingerprint density at radius 1 is 1.16 bits per heavy atom. The van der Waals surface area contributed by atoms with E-state index in [4.69, 9.17) is 4.74 Å². The first-order valence-electron chi connectivity index (χ1n) is 9.04. The third kappa shape index (κ3) is 6.35. The number of carbonyl (C=O) groups excluding carboxylic acids is 2. The van der Waals surface area contributed by atoms with E-state index in [2.05, 4.69) is 30.7 Å². The zero-order valence-electron chi connectivity index (χ0n) is 16.3. The van der Waals surface area contributed by atoms with Crippen LogP contribution in [-0.2, 0) is 17.9 Å². The van der Waals surface area contributed by atoms with Gasteiger partial charge in [-0.25, -0.2) is 19.5 Å². The van der Waals surface area contributed by atoms with Gasteiger partial charge < -0.3 is 15.4 Å². The summed E-state index contributed by atoms with van der Waals surface area (Å²) in [4.78, 5) is 35.8. The minimum atomic E-state index is -4.38. The molecule has 0 aliphatic carbocycles. The minimum absolute atomic E-state index is 0.0225. The maximum absolute atomic E-state index is 12.2. The van der Waals surface area contributed by atoms with Crippen LogP contribution in [0.15, 0.2) is 30.9 Å². The summed E-state index contributed by atoms with van der Waals surface area (Å²) in [5, 5.41) is 9.23. The number of amides is 2. The number of hydrogen-bond acceptors (Lipinski definition) is 7. The van der Waals surface area contributed by atoms with Crippen molar-refractivity contribution in [3.8, 4) is 5.88 Å². The number of halogens is 3. The van der Waals surface area contributed by atoms with Crippen LogP contribution in [0.1, 0.15) is 34.6 Å². The molecule has 0 atom stereocenters. The highest BCUT2D eigenvalue weighted by molar-refractivity contribution is 5.92. The Balaban J connectivity index is 1.56. The number of nitrogens with one attached hydrogen (secondary N) is 2. The molecule has 3 rings (SSSR count). The fourth-order valence-corrected chi connectivity index (χ4v) is 2.53. The fraction of sp³-hybridized carbons (Fsp3) is 0.333.